The Bertz CT molecular complexity index is 247. The number of nitrogens with one attached hydrogen (secondary N) is 1. The molecule has 0 heterocycles. The van der Waals surface area contributed by atoms with Crippen LogP contribution in [0.5, 0.6) is 0 Å². The van der Waals surface area contributed by atoms with E-state index in [-0.39, 0.29) is 5.41 Å². The molecule has 16 heavy (non-hydrogen) atoms. The highest BCUT2D eigenvalue weighted by Crippen LogP contribution is 2.55. The van der Waals surface area contributed by atoms with Crippen LogP contribution < -0.4 is 5.32 Å². The van der Waals surface area contributed by atoms with Crippen LogP contribution in [-0.4, -0.2) is 18.8 Å². The van der Waals surface area contributed by atoms with Crippen LogP contribution in [0.3, 0.4) is 0 Å². The van der Waals surface area contributed by atoms with Crippen molar-refractivity contribution in [3.05, 3.63) is 0 Å². The van der Waals surface area contributed by atoms with Gasteiger partial charge in [-0.15, -0.1) is 0 Å². The first kappa shape index (κ1) is 12.2. The molecule has 1 N–H and O–H groups in total. The van der Waals surface area contributed by atoms with E-state index in [0.717, 1.165) is 19.4 Å². The second-order valence-corrected chi connectivity index (χ2v) is 5.71. The molecule has 2 atom stereocenters. The second kappa shape index (κ2) is 4.21. The predicted octanol–water partition coefficient (Wildman–Crippen LogP) is 3.50. The third kappa shape index (κ3) is 3.65. The van der Waals surface area contributed by atoms with Crippen LogP contribution in [0.4, 0.5) is 13.2 Å². The van der Waals surface area contributed by atoms with Gasteiger partial charge in [0.1, 0.15) is 0 Å². The summed E-state index contributed by atoms with van der Waals surface area (Å²) in [5.74, 6) is 0.612. The summed E-state index contributed by atoms with van der Waals surface area (Å²) in [5.41, 5.74) is 0.188. The molecule has 0 saturated heterocycles. The molecule has 2 aliphatic carbocycles. The quantitative estimate of drug-likeness (QED) is 0.743. The standard InChI is InChI=1S/C12H20F3N/c1-11(5-2-6-12(13,14)15)7-9(11)8-16-10-3-4-10/h9-10,16H,2-8H2,1H3. The molecule has 0 spiro atoms. The summed E-state index contributed by atoms with van der Waals surface area (Å²) in [5, 5.41) is 3.46. The normalized spacial score (nSPS) is 34.1. The molecular weight excluding hydrogens is 215 g/mol. The number of halogens is 3. The molecule has 2 rings (SSSR count). The maximum Gasteiger partial charge on any atom is 0.389 e. The van der Waals surface area contributed by atoms with Crippen LogP contribution in [0.15, 0.2) is 0 Å². The van der Waals surface area contributed by atoms with Gasteiger partial charge in [0.25, 0.3) is 0 Å². The highest BCUT2D eigenvalue weighted by Gasteiger charge is 2.49. The zero-order valence-electron chi connectivity index (χ0n) is 9.74. The van der Waals surface area contributed by atoms with Gasteiger partial charge in [0.15, 0.2) is 0 Å². The minimum Gasteiger partial charge on any atom is -0.314 e. The average molecular weight is 235 g/mol. The molecule has 2 saturated carbocycles. The molecule has 0 aromatic heterocycles. The van der Waals surface area contributed by atoms with E-state index < -0.39 is 12.6 Å². The van der Waals surface area contributed by atoms with E-state index in [2.05, 4.69) is 12.2 Å². The molecule has 0 aromatic carbocycles. The molecule has 0 amide bonds. The summed E-state index contributed by atoms with van der Waals surface area (Å²) in [4.78, 5) is 0. The Morgan fingerprint density at radius 1 is 1.31 bits per heavy atom. The Labute approximate surface area is 94.8 Å². The van der Waals surface area contributed by atoms with Gasteiger partial charge in [0, 0.05) is 12.5 Å². The summed E-state index contributed by atoms with van der Waals surface area (Å²) in [6.45, 7) is 3.13. The topological polar surface area (TPSA) is 12.0 Å². The van der Waals surface area contributed by atoms with Gasteiger partial charge < -0.3 is 5.32 Å². The van der Waals surface area contributed by atoms with Crippen molar-refractivity contribution >= 4 is 0 Å². The number of hydrogen-bond acceptors (Lipinski definition) is 1. The monoisotopic (exact) mass is 235 g/mol. The van der Waals surface area contributed by atoms with Crippen molar-refractivity contribution in [3.63, 3.8) is 0 Å². The zero-order valence-corrected chi connectivity index (χ0v) is 9.74. The summed E-state index contributed by atoms with van der Waals surface area (Å²) < 4.78 is 36.0. The largest absolute Gasteiger partial charge is 0.389 e. The molecule has 0 aromatic rings. The summed E-state index contributed by atoms with van der Waals surface area (Å²) in [6.07, 6.45) is 0.0709. The van der Waals surface area contributed by atoms with E-state index >= 15 is 0 Å². The van der Waals surface area contributed by atoms with Gasteiger partial charge in [0.05, 0.1) is 0 Å². The number of rotatable bonds is 6. The fourth-order valence-corrected chi connectivity index (χ4v) is 2.42. The van der Waals surface area contributed by atoms with Gasteiger partial charge in [-0.3, -0.25) is 0 Å². The highest BCUT2D eigenvalue weighted by molar-refractivity contribution is 5.00. The highest BCUT2D eigenvalue weighted by atomic mass is 19.4. The zero-order chi connectivity index (χ0) is 11.8. The van der Waals surface area contributed by atoms with E-state index in [1.54, 1.807) is 0 Å². The predicted molar refractivity (Wildman–Crippen MR) is 57.1 cm³/mol. The maximum absolute atomic E-state index is 12.0. The molecule has 2 fully saturated rings. The van der Waals surface area contributed by atoms with Crippen LogP contribution >= 0.6 is 0 Å². The fraction of sp³-hybridized carbons (Fsp3) is 1.00. The van der Waals surface area contributed by atoms with Crippen LogP contribution in [0.1, 0.15) is 45.4 Å². The van der Waals surface area contributed by atoms with Crippen molar-refractivity contribution in [1.82, 2.24) is 5.32 Å². The van der Waals surface area contributed by atoms with Crippen molar-refractivity contribution in [2.45, 2.75) is 57.7 Å². The first-order chi connectivity index (χ1) is 7.39. The van der Waals surface area contributed by atoms with E-state index in [1.165, 1.54) is 12.8 Å². The average Bonchev–Trinajstić information content (AvgIpc) is 2.98. The third-order valence-corrected chi connectivity index (χ3v) is 3.98. The summed E-state index contributed by atoms with van der Waals surface area (Å²) in [6, 6.07) is 0.708. The minimum absolute atomic E-state index is 0.188. The van der Waals surface area contributed by atoms with Gasteiger partial charge >= 0.3 is 6.18 Å². The van der Waals surface area contributed by atoms with E-state index in [0.29, 0.717) is 18.4 Å². The van der Waals surface area contributed by atoms with Crippen molar-refractivity contribution in [3.8, 4) is 0 Å². The SMILES string of the molecule is CC1(CCCC(F)(F)F)CC1CNC1CC1. The molecule has 0 radical (unpaired) electrons. The van der Waals surface area contributed by atoms with Gasteiger partial charge in [-0.1, -0.05) is 6.92 Å². The van der Waals surface area contributed by atoms with E-state index in [9.17, 15) is 13.2 Å². The Morgan fingerprint density at radius 3 is 2.56 bits per heavy atom. The lowest BCUT2D eigenvalue weighted by Gasteiger charge is -2.12. The lowest BCUT2D eigenvalue weighted by molar-refractivity contribution is -0.136. The molecule has 0 aliphatic heterocycles. The lowest BCUT2D eigenvalue weighted by Crippen LogP contribution is -2.21. The fourth-order valence-electron chi connectivity index (χ4n) is 2.42. The van der Waals surface area contributed by atoms with Crippen LogP contribution in [0.25, 0.3) is 0 Å². The van der Waals surface area contributed by atoms with Crippen molar-refractivity contribution < 1.29 is 13.2 Å². The Balaban J connectivity index is 1.58. The molecule has 2 unspecified atom stereocenters. The van der Waals surface area contributed by atoms with Gasteiger partial charge in [0.2, 0.25) is 0 Å². The Hall–Kier alpha value is -0.250. The lowest BCUT2D eigenvalue weighted by atomic mass is 9.98. The summed E-state index contributed by atoms with van der Waals surface area (Å²) in [7, 11) is 0. The maximum atomic E-state index is 12.0. The third-order valence-electron chi connectivity index (χ3n) is 3.98. The minimum atomic E-state index is -3.98. The molecule has 0 bridgehead atoms. The van der Waals surface area contributed by atoms with Crippen molar-refractivity contribution in [2.75, 3.05) is 6.54 Å². The molecule has 4 heteroatoms. The second-order valence-electron chi connectivity index (χ2n) is 5.71. The first-order valence-corrected chi connectivity index (χ1v) is 6.19. The molecular formula is C12H20F3N. The Kier molecular flexibility index (Phi) is 3.21. The van der Waals surface area contributed by atoms with Crippen LogP contribution in [-0.2, 0) is 0 Å². The van der Waals surface area contributed by atoms with Gasteiger partial charge in [-0.05, 0) is 50.0 Å². The van der Waals surface area contributed by atoms with Gasteiger partial charge in [-0.2, -0.15) is 13.2 Å². The smallest absolute Gasteiger partial charge is 0.314 e. The first-order valence-electron chi connectivity index (χ1n) is 6.19. The van der Waals surface area contributed by atoms with Crippen molar-refractivity contribution in [2.24, 2.45) is 11.3 Å². The van der Waals surface area contributed by atoms with Gasteiger partial charge in [-0.25, -0.2) is 0 Å². The van der Waals surface area contributed by atoms with E-state index in [4.69, 9.17) is 0 Å². The number of hydrogen-bond donors (Lipinski definition) is 1. The van der Waals surface area contributed by atoms with E-state index in [1.807, 2.05) is 0 Å². The van der Waals surface area contributed by atoms with Crippen molar-refractivity contribution in [1.29, 1.82) is 0 Å². The molecule has 1 nitrogen and oxygen atoms in total. The Morgan fingerprint density at radius 2 is 2.00 bits per heavy atom. The number of alkyl halides is 3. The van der Waals surface area contributed by atoms with Crippen LogP contribution in [0, 0.1) is 11.3 Å². The van der Waals surface area contributed by atoms with Crippen LogP contribution in [0.2, 0.25) is 0 Å². The summed E-state index contributed by atoms with van der Waals surface area (Å²) >= 11 is 0. The molecule has 2 aliphatic rings. The molecule has 94 valence electrons.